The van der Waals surface area contributed by atoms with E-state index >= 15 is 0 Å². The highest BCUT2D eigenvalue weighted by Gasteiger charge is 2.61. The normalized spacial score (nSPS) is 30.1. The number of rotatable bonds is 7. The van der Waals surface area contributed by atoms with Crippen LogP contribution in [0.5, 0.6) is 0 Å². The molecule has 208 valence electrons. The van der Waals surface area contributed by atoms with Crippen LogP contribution in [0.1, 0.15) is 90.0 Å². The van der Waals surface area contributed by atoms with E-state index in [-0.39, 0.29) is 10.1 Å². The van der Waals surface area contributed by atoms with Crippen LogP contribution in [0.25, 0.3) is 0 Å². The highest BCUT2D eigenvalue weighted by atomic mass is 33.1. The first-order valence-electron chi connectivity index (χ1n) is 13.0. The summed E-state index contributed by atoms with van der Waals surface area (Å²) in [6, 6.07) is 15.6. The van der Waals surface area contributed by atoms with Crippen LogP contribution < -0.4 is 10.1 Å². The number of benzene rings is 2. The van der Waals surface area contributed by atoms with Crippen LogP contribution in [0.2, 0.25) is 0 Å². The predicted molar refractivity (Wildman–Crippen MR) is 151 cm³/mol. The molecule has 2 radical (unpaired) electrons. The molecule has 2 saturated heterocycles. The Labute approximate surface area is 234 Å². The topological polar surface area (TPSA) is 101 Å². The van der Waals surface area contributed by atoms with Crippen LogP contribution in [-0.4, -0.2) is 32.3 Å². The van der Waals surface area contributed by atoms with Gasteiger partial charge in [-0.3, -0.25) is 0 Å². The van der Waals surface area contributed by atoms with Gasteiger partial charge < -0.3 is 20.5 Å². The molecule has 2 aliphatic rings. The number of hydroxylamine groups is 8. The first-order chi connectivity index (χ1) is 17.5. The van der Waals surface area contributed by atoms with E-state index < -0.39 is 34.5 Å². The molecule has 0 bridgehead atoms. The quantitative estimate of drug-likeness (QED) is 0.302. The maximum Gasteiger partial charge on any atom is 0.196 e. The molecule has 2 aromatic carbocycles. The lowest BCUT2D eigenvalue weighted by atomic mass is 9.84. The molecule has 0 amide bonds. The Morgan fingerprint density at radius 1 is 0.632 bits per heavy atom. The number of nitrogens with zero attached hydrogens (tertiary/aromatic N) is 2. The van der Waals surface area contributed by atoms with Crippen molar-refractivity contribution in [3.8, 4) is 0 Å². The molecule has 2 fully saturated rings. The van der Waals surface area contributed by atoms with Gasteiger partial charge >= 0.3 is 0 Å². The van der Waals surface area contributed by atoms with Crippen molar-refractivity contribution in [1.82, 2.24) is 10.1 Å². The minimum Gasteiger partial charge on any atom is -0.632 e. The molecule has 38 heavy (non-hydrogen) atoms. The van der Waals surface area contributed by atoms with Crippen molar-refractivity contribution in [1.29, 1.82) is 0 Å². The summed E-state index contributed by atoms with van der Waals surface area (Å²) in [6.07, 6.45) is -1.52. The van der Waals surface area contributed by atoms with Gasteiger partial charge in [-0.1, -0.05) is 80.2 Å². The summed E-state index contributed by atoms with van der Waals surface area (Å²) in [6.45, 7) is 14.7. The van der Waals surface area contributed by atoms with Crippen molar-refractivity contribution >= 4 is 21.6 Å². The Morgan fingerprint density at radius 2 is 0.921 bits per heavy atom. The van der Waals surface area contributed by atoms with Crippen molar-refractivity contribution < 1.29 is 20.5 Å². The van der Waals surface area contributed by atoms with Gasteiger partial charge in [-0.2, -0.15) is 0 Å². The largest absolute Gasteiger partial charge is 0.632 e. The molecule has 0 aromatic heterocycles. The van der Waals surface area contributed by atoms with Crippen molar-refractivity contribution in [3.63, 3.8) is 0 Å². The fourth-order valence-corrected chi connectivity index (χ4v) is 7.22. The van der Waals surface area contributed by atoms with E-state index in [1.54, 1.807) is 21.6 Å². The average Bonchev–Trinajstić information content (AvgIpc) is 3.06. The second-order valence-electron chi connectivity index (χ2n) is 12.6. The van der Waals surface area contributed by atoms with Gasteiger partial charge in [0.15, 0.2) is 12.3 Å². The predicted octanol–water partition coefficient (Wildman–Crippen LogP) is 3.97. The summed E-state index contributed by atoms with van der Waals surface area (Å²) in [5.74, 6) is 1.59. The zero-order valence-electron chi connectivity index (χ0n) is 23.5. The number of nitrogens with one attached hydrogen (secondary N) is 2. The first-order valence-corrected chi connectivity index (χ1v) is 15.5. The third-order valence-electron chi connectivity index (χ3n) is 9.48. The van der Waals surface area contributed by atoms with Gasteiger partial charge in [0.1, 0.15) is 22.2 Å². The van der Waals surface area contributed by atoms with Crippen molar-refractivity contribution in [2.75, 3.05) is 0 Å². The molecule has 4 atom stereocenters. The van der Waals surface area contributed by atoms with Crippen molar-refractivity contribution in [2.45, 2.75) is 101 Å². The Bertz CT molecular complexity index is 995. The van der Waals surface area contributed by atoms with Gasteiger partial charge in [0.2, 0.25) is 0 Å². The lowest BCUT2D eigenvalue weighted by Gasteiger charge is -2.39. The van der Waals surface area contributed by atoms with Gasteiger partial charge in [-0.05, 0) is 66.5 Å². The average molecular weight is 561 g/mol. The number of hydrogen-bond donors (Lipinski definition) is 2. The fraction of sp³-hybridized carbons (Fsp3) is 0.571. The van der Waals surface area contributed by atoms with E-state index in [2.05, 4.69) is 0 Å². The maximum atomic E-state index is 13.0. The lowest BCUT2D eigenvalue weighted by molar-refractivity contribution is -0.926. The van der Waals surface area contributed by atoms with E-state index in [9.17, 15) is 20.8 Å². The van der Waals surface area contributed by atoms with Gasteiger partial charge in [-0.25, -0.2) is 0 Å². The molecule has 2 heterocycles. The smallest absolute Gasteiger partial charge is 0.196 e. The second kappa shape index (κ2) is 10.3. The van der Waals surface area contributed by atoms with E-state index in [1.165, 1.54) is 0 Å². The fourth-order valence-electron chi connectivity index (χ4n) is 5.08. The SMILES string of the molecule is CC1(C)N([O])C(c2ccc(CSSCc3ccc(C4N([O])C(C)(C)C(C)(C)[NH+]4[O-])cc3)cc2)[NH+]([O-])C1(C)C. The summed E-state index contributed by atoms with van der Waals surface area (Å²) in [7, 11) is 3.47. The van der Waals surface area contributed by atoms with Gasteiger partial charge in [-0.15, -0.1) is 10.4 Å². The molecule has 2 aliphatic heterocycles. The van der Waals surface area contributed by atoms with Gasteiger partial charge in [0.25, 0.3) is 0 Å². The molecule has 0 saturated carbocycles. The summed E-state index contributed by atoms with van der Waals surface area (Å²) in [5, 5.41) is 53.7. The zero-order chi connectivity index (χ0) is 28.3. The Morgan fingerprint density at radius 3 is 1.16 bits per heavy atom. The van der Waals surface area contributed by atoms with Crippen LogP contribution in [0.3, 0.4) is 0 Å². The lowest BCUT2D eigenvalue weighted by Crippen LogP contribution is -3.14. The molecular formula is C28H40N4O4S2. The Balaban J connectivity index is 1.30. The highest BCUT2D eigenvalue weighted by Crippen LogP contribution is 2.38. The highest BCUT2D eigenvalue weighted by molar-refractivity contribution is 8.76. The van der Waals surface area contributed by atoms with Gasteiger partial charge in [0.05, 0.1) is 0 Å². The molecule has 4 unspecified atom stereocenters. The summed E-state index contributed by atoms with van der Waals surface area (Å²) < 4.78 is 0. The molecular weight excluding hydrogens is 520 g/mol. The monoisotopic (exact) mass is 560 g/mol. The van der Waals surface area contributed by atoms with E-state index in [1.807, 2.05) is 104 Å². The first kappa shape index (κ1) is 29.8. The van der Waals surface area contributed by atoms with E-state index in [0.29, 0.717) is 0 Å². The van der Waals surface area contributed by atoms with E-state index in [4.69, 9.17) is 0 Å². The maximum absolute atomic E-state index is 13.0. The summed E-state index contributed by atoms with van der Waals surface area (Å²) >= 11 is 0. The summed E-state index contributed by atoms with van der Waals surface area (Å²) in [4.78, 5) is 0. The molecule has 8 nitrogen and oxygen atoms in total. The minimum atomic E-state index is -0.760. The van der Waals surface area contributed by atoms with Crippen LogP contribution in [0, 0.1) is 10.4 Å². The van der Waals surface area contributed by atoms with E-state index in [0.717, 1.165) is 43.9 Å². The molecule has 4 rings (SSSR count). The third kappa shape index (κ3) is 4.72. The van der Waals surface area contributed by atoms with Crippen LogP contribution in [0.4, 0.5) is 0 Å². The van der Waals surface area contributed by atoms with Crippen molar-refractivity contribution in [3.05, 3.63) is 81.2 Å². The molecule has 2 aromatic rings. The summed E-state index contributed by atoms with van der Waals surface area (Å²) in [5.41, 5.74) is 0.808. The minimum absolute atomic E-state index is 0.0334. The Kier molecular flexibility index (Phi) is 8.10. The molecule has 0 spiro atoms. The van der Waals surface area contributed by atoms with Crippen LogP contribution >= 0.6 is 21.6 Å². The number of hydrogen-bond acceptors (Lipinski definition) is 6. The van der Waals surface area contributed by atoms with Crippen molar-refractivity contribution in [2.24, 2.45) is 0 Å². The number of quaternary nitrogens is 2. The molecule has 0 aliphatic carbocycles. The standard InChI is InChI=1S/C28H40N4O4S2/c1-25(2)26(3,4)30(34)23(29(25)33)21-13-9-19(10-14-21)17-37-38-18-20-11-15-22(16-12-20)24-31(35)27(5,6)28(7,8)32(24)36/h9-16,23-24,29,31H,17-18H2,1-8H3. The zero-order valence-corrected chi connectivity index (χ0v) is 25.2. The van der Waals surface area contributed by atoms with Crippen LogP contribution in [-0.2, 0) is 21.9 Å². The molecule has 2 N–H and O–H groups in total. The second-order valence-corrected chi connectivity index (χ2v) is 15.0. The van der Waals surface area contributed by atoms with Crippen LogP contribution in [0.15, 0.2) is 48.5 Å². The molecule has 10 heteroatoms. The Hall–Kier alpha value is -1.18. The van der Waals surface area contributed by atoms with Gasteiger partial charge in [0, 0.05) is 22.6 Å². The third-order valence-corrected chi connectivity index (χ3v) is 11.8.